The summed E-state index contributed by atoms with van der Waals surface area (Å²) in [5.74, 6) is 0. The first-order valence-corrected chi connectivity index (χ1v) is 12.4. The second-order valence-corrected chi connectivity index (χ2v) is 19.5. The van der Waals surface area contributed by atoms with Gasteiger partial charge in [0.05, 0.1) is 0 Å². The van der Waals surface area contributed by atoms with Gasteiger partial charge in [-0.15, -0.1) is 0 Å². The van der Waals surface area contributed by atoms with E-state index in [-0.39, 0.29) is 0 Å². The molecule has 0 bridgehead atoms. The molecule has 1 aromatic carbocycles. The Morgan fingerprint density at radius 1 is 0.684 bits per heavy atom. The molecule has 108 valence electrons. The van der Waals surface area contributed by atoms with Gasteiger partial charge in [-0.25, -0.2) is 0 Å². The van der Waals surface area contributed by atoms with Gasteiger partial charge in [0.2, 0.25) is 0 Å². The number of benzene rings is 1. The molecule has 0 atom stereocenters. The average molecular weight is 321 g/mol. The normalized spacial score (nSPS) is 12.8. The van der Waals surface area contributed by atoms with Crippen molar-refractivity contribution in [3.05, 3.63) is 28.8 Å². The molecule has 0 saturated carbocycles. The molecule has 0 amide bonds. The molecule has 0 nitrogen and oxygen atoms in total. The summed E-state index contributed by atoms with van der Waals surface area (Å²) >= 11 is -2.10. The van der Waals surface area contributed by atoms with Crippen LogP contribution in [0.3, 0.4) is 0 Å². The van der Waals surface area contributed by atoms with Crippen molar-refractivity contribution < 1.29 is 0 Å². The van der Waals surface area contributed by atoms with Gasteiger partial charge < -0.3 is 0 Å². The van der Waals surface area contributed by atoms with Gasteiger partial charge in [0.15, 0.2) is 0 Å². The van der Waals surface area contributed by atoms with Gasteiger partial charge in [-0.2, -0.15) is 0 Å². The summed E-state index contributed by atoms with van der Waals surface area (Å²) in [6.45, 7) is 21.6. The molecule has 0 unspecified atom stereocenters. The number of rotatable bonds is 4. The molecule has 0 aliphatic rings. The van der Waals surface area contributed by atoms with Crippen molar-refractivity contribution in [2.75, 3.05) is 0 Å². The minimum absolute atomic E-state index is 0.835. The van der Waals surface area contributed by atoms with Crippen molar-refractivity contribution in [2.45, 2.75) is 76.6 Å². The zero-order valence-electron chi connectivity index (χ0n) is 14.4. The topological polar surface area (TPSA) is 0 Å². The van der Waals surface area contributed by atoms with Crippen LogP contribution in [0.15, 0.2) is 12.1 Å². The van der Waals surface area contributed by atoms with Crippen LogP contribution in [0.2, 0.25) is 14.3 Å². The zero-order valence-corrected chi connectivity index (χ0v) is 16.5. The molecule has 0 radical (unpaired) electrons. The predicted molar refractivity (Wildman–Crippen MR) is 91.3 cm³/mol. The van der Waals surface area contributed by atoms with Crippen LogP contribution in [0.1, 0.15) is 58.2 Å². The third-order valence-electron chi connectivity index (χ3n) is 5.29. The van der Waals surface area contributed by atoms with E-state index in [1.807, 2.05) is 0 Å². The molecular formula is C18H32Ge. The van der Waals surface area contributed by atoms with Gasteiger partial charge in [0.25, 0.3) is 0 Å². The molecule has 0 heterocycles. The van der Waals surface area contributed by atoms with Crippen LogP contribution in [-0.2, 0) is 0 Å². The number of aryl methyl sites for hydroxylation is 2. The number of hydrogen-bond donors (Lipinski definition) is 0. The van der Waals surface area contributed by atoms with Crippen molar-refractivity contribution >= 4 is 17.7 Å². The van der Waals surface area contributed by atoms with Crippen LogP contribution in [-0.4, -0.2) is 13.3 Å². The van der Waals surface area contributed by atoms with E-state index in [4.69, 9.17) is 0 Å². The summed E-state index contributed by atoms with van der Waals surface area (Å²) in [6, 6.07) is 5.03. The fourth-order valence-corrected chi connectivity index (χ4v) is 18.8. The Morgan fingerprint density at radius 3 is 1.26 bits per heavy atom. The van der Waals surface area contributed by atoms with E-state index < -0.39 is 13.3 Å². The molecular weight excluding hydrogens is 289 g/mol. The standard InChI is InChI=1S/C18H32Ge/c1-12(2)19(13(3)4,14(5)6)18-10-15(7)17(9)16(8)11-18/h10-14H,1-9H3. The van der Waals surface area contributed by atoms with Crippen molar-refractivity contribution in [1.29, 1.82) is 0 Å². The minimum atomic E-state index is -2.10. The first-order chi connectivity index (χ1) is 8.65. The molecule has 0 N–H and O–H groups in total. The molecule has 19 heavy (non-hydrogen) atoms. The third-order valence-corrected chi connectivity index (χ3v) is 20.0. The molecule has 0 aliphatic carbocycles. The summed E-state index contributed by atoms with van der Waals surface area (Å²) in [4.78, 5) is 0. The van der Waals surface area contributed by atoms with Crippen LogP contribution in [0.5, 0.6) is 0 Å². The van der Waals surface area contributed by atoms with Crippen molar-refractivity contribution in [3.63, 3.8) is 0 Å². The van der Waals surface area contributed by atoms with Gasteiger partial charge >= 0.3 is 123 Å². The molecule has 0 spiro atoms. The van der Waals surface area contributed by atoms with Gasteiger partial charge in [0.1, 0.15) is 0 Å². The summed E-state index contributed by atoms with van der Waals surface area (Å²) in [7, 11) is 0. The van der Waals surface area contributed by atoms with E-state index in [0.29, 0.717) is 0 Å². The van der Waals surface area contributed by atoms with Crippen LogP contribution in [0.25, 0.3) is 0 Å². The zero-order chi connectivity index (χ0) is 15.0. The van der Waals surface area contributed by atoms with Crippen LogP contribution >= 0.6 is 0 Å². The quantitative estimate of drug-likeness (QED) is 0.643. The Labute approximate surface area is 123 Å². The Kier molecular flexibility index (Phi) is 5.34. The summed E-state index contributed by atoms with van der Waals surface area (Å²) < 4.78 is 4.23. The monoisotopic (exact) mass is 322 g/mol. The Morgan fingerprint density at radius 2 is 1.00 bits per heavy atom. The van der Waals surface area contributed by atoms with Crippen LogP contribution < -0.4 is 4.40 Å². The Bertz CT molecular complexity index is 396. The van der Waals surface area contributed by atoms with Gasteiger partial charge in [-0.3, -0.25) is 0 Å². The van der Waals surface area contributed by atoms with E-state index in [1.165, 1.54) is 16.7 Å². The molecule has 1 aromatic rings. The van der Waals surface area contributed by atoms with Gasteiger partial charge in [-0.05, 0) is 0 Å². The van der Waals surface area contributed by atoms with Crippen molar-refractivity contribution in [3.8, 4) is 0 Å². The molecule has 0 saturated heterocycles. The molecule has 1 rings (SSSR count). The molecule has 0 aromatic heterocycles. The summed E-state index contributed by atoms with van der Waals surface area (Å²) in [6.07, 6.45) is 0. The average Bonchev–Trinajstić information content (AvgIpc) is 2.24. The molecule has 0 fully saturated rings. The first-order valence-electron chi connectivity index (χ1n) is 7.73. The fraction of sp³-hybridized carbons (Fsp3) is 0.667. The van der Waals surface area contributed by atoms with Crippen LogP contribution in [0.4, 0.5) is 0 Å². The van der Waals surface area contributed by atoms with Gasteiger partial charge in [0, 0.05) is 0 Å². The second kappa shape index (κ2) is 6.03. The first kappa shape index (κ1) is 16.8. The molecule has 1 heteroatoms. The van der Waals surface area contributed by atoms with Gasteiger partial charge in [-0.1, -0.05) is 0 Å². The fourth-order valence-electron chi connectivity index (χ4n) is 4.29. The summed E-state index contributed by atoms with van der Waals surface area (Å²) in [5, 5.41) is 0. The SMILES string of the molecule is Cc1c[c]([Ge]([CH](C)C)([CH](C)C)[CH](C)C)cc(C)c1C. The van der Waals surface area contributed by atoms with E-state index in [1.54, 1.807) is 4.40 Å². The van der Waals surface area contributed by atoms with E-state index >= 15 is 0 Å². The second-order valence-electron chi connectivity index (χ2n) is 7.13. The Balaban J connectivity index is 3.58. The van der Waals surface area contributed by atoms with E-state index in [2.05, 4.69) is 74.4 Å². The molecule has 0 aliphatic heterocycles. The Hall–Kier alpha value is -0.237. The maximum atomic E-state index is 2.52. The number of hydrogen-bond acceptors (Lipinski definition) is 0. The maximum absolute atomic E-state index is 2.52. The predicted octanol–water partition coefficient (Wildman–Crippen LogP) is 5.50. The third kappa shape index (κ3) is 2.79. The summed E-state index contributed by atoms with van der Waals surface area (Å²) in [5.41, 5.74) is 4.43. The van der Waals surface area contributed by atoms with E-state index in [9.17, 15) is 0 Å². The van der Waals surface area contributed by atoms with Crippen molar-refractivity contribution in [2.24, 2.45) is 0 Å². The van der Waals surface area contributed by atoms with Crippen LogP contribution in [0, 0.1) is 20.8 Å². The van der Waals surface area contributed by atoms with Crippen molar-refractivity contribution in [1.82, 2.24) is 0 Å². The van der Waals surface area contributed by atoms with E-state index in [0.717, 1.165) is 14.3 Å².